The fourth-order valence-electron chi connectivity index (χ4n) is 2.80. The van der Waals surface area contributed by atoms with Crippen molar-refractivity contribution in [1.29, 1.82) is 0 Å². The predicted octanol–water partition coefficient (Wildman–Crippen LogP) is 4.34. The van der Waals surface area contributed by atoms with Gasteiger partial charge in [0.15, 0.2) is 5.16 Å². The first-order chi connectivity index (χ1) is 12.7. The maximum absolute atomic E-state index is 11.5. The molecule has 2 heterocycles. The number of ether oxygens (including phenoxy) is 1. The van der Waals surface area contributed by atoms with E-state index in [1.807, 2.05) is 12.1 Å². The molecular formula is C19H19N3O2S2. The van der Waals surface area contributed by atoms with E-state index in [0.717, 1.165) is 28.7 Å². The molecule has 0 aliphatic heterocycles. The molecule has 1 saturated carbocycles. The molecule has 2 aromatic heterocycles. The summed E-state index contributed by atoms with van der Waals surface area (Å²) < 4.78 is 7.05. The number of thioether (sulfide) groups is 1. The highest BCUT2D eigenvalue weighted by Crippen LogP contribution is 2.39. The lowest BCUT2D eigenvalue weighted by molar-refractivity contribution is 0.0600. The number of thiophene rings is 1. The summed E-state index contributed by atoms with van der Waals surface area (Å²) in [5.41, 5.74) is 1.72. The van der Waals surface area contributed by atoms with Crippen LogP contribution in [0.5, 0.6) is 0 Å². The zero-order valence-electron chi connectivity index (χ0n) is 14.4. The third-order valence-corrected chi connectivity index (χ3v) is 6.19. The van der Waals surface area contributed by atoms with E-state index in [2.05, 4.69) is 32.3 Å². The van der Waals surface area contributed by atoms with Crippen molar-refractivity contribution in [3.05, 3.63) is 63.6 Å². The van der Waals surface area contributed by atoms with Crippen molar-refractivity contribution in [2.45, 2.75) is 36.2 Å². The van der Waals surface area contributed by atoms with Gasteiger partial charge in [0.1, 0.15) is 5.82 Å². The summed E-state index contributed by atoms with van der Waals surface area (Å²) in [6, 6.07) is 12.3. The SMILES string of the molecule is COC(=O)c1ccc(CSc2nnc(Cc3cccs3)n2C2CC2)cc1. The molecule has 1 aromatic carbocycles. The zero-order chi connectivity index (χ0) is 17.9. The Bertz CT molecular complexity index is 884. The molecule has 0 spiro atoms. The number of benzene rings is 1. The van der Waals surface area contributed by atoms with Gasteiger partial charge >= 0.3 is 5.97 Å². The molecule has 1 fully saturated rings. The Labute approximate surface area is 160 Å². The maximum Gasteiger partial charge on any atom is 0.337 e. The van der Waals surface area contributed by atoms with Gasteiger partial charge in [0.05, 0.1) is 12.7 Å². The second-order valence-corrected chi connectivity index (χ2v) is 8.21. The van der Waals surface area contributed by atoms with Gasteiger partial charge in [0.25, 0.3) is 0 Å². The van der Waals surface area contributed by atoms with Gasteiger partial charge in [-0.15, -0.1) is 21.5 Å². The van der Waals surface area contributed by atoms with Crippen molar-refractivity contribution in [3.63, 3.8) is 0 Å². The second-order valence-electron chi connectivity index (χ2n) is 6.23. The quantitative estimate of drug-likeness (QED) is 0.447. The Kier molecular flexibility index (Phi) is 5.08. The van der Waals surface area contributed by atoms with Crippen LogP contribution in [-0.2, 0) is 16.9 Å². The first-order valence-corrected chi connectivity index (χ1v) is 10.4. The average Bonchev–Trinajstić information content (AvgIpc) is 3.22. The van der Waals surface area contributed by atoms with Gasteiger partial charge in [-0.1, -0.05) is 30.0 Å². The van der Waals surface area contributed by atoms with Gasteiger partial charge in [0, 0.05) is 23.1 Å². The molecule has 1 aliphatic carbocycles. The number of aromatic nitrogens is 3. The van der Waals surface area contributed by atoms with Crippen molar-refractivity contribution in [2.75, 3.05) is 7.11 Å². The van der Waals surface area contributed by atoms with E-state index in [4.69, 9.17) is 4.74 Å². The van der Waals surface area contributed by atoms with Crippen molar-refractivity contribution in [1.82, 2.24) is 14.8 Å². The van der Waals surface area contributed by atoms with Crippen molar-refractivity contribution < 1.29 is 9.53 Å². The van der Waals surface area contributed by atoms with Gasteiger partial charge in [-0.3, -0.25) is 0 Å². The number of rotatable bonds is 7. The maximum atomic E-state index is 11.5. The van der Waals surface area contributed by atoms with Gasteiger partial charge in [-0.25, -0.2) is 4.79 Å². The number of hydrogen-bond acceptors (Lipinski definition) is 6. The van der Waals surface area contributed by atoms with Crippen molar-refractivity contribution in [2.24, 2.45) is 0 Å². The Morgan fingerprint density at radius 1 is 1.27 bits per heavy atom. The number of nitrogens with zero attached hydrogens (tertiary/aromatic N) is 3. The van der Waals surface area contributed by atoms with Crippen LogP contribution in [-0.4, -0.2) is 27.8 Å². The Balaban J connectivity index is 1.46. The number of carbonyl (C=O) groups excluding carboxylic acids is 1. The third-order valence-electron chi connectivity index (χ3n) is 4.30. The molecule has 0 saturated heterocycles. The van der Waals surface area contributed by atoms with E-state index in [1.54, 1.807) is 35.2 Å². The first-order valence-electron chi connectivity index (χ1n) is 8.51. The summed E-state index contributed by atoms with van der Waals surface area (Å²) in [7, 11) is 1.39. The largest absolute Gasteiger partial charge is 0.465 e. The molecule has 3 aromatic rings. The molecule has 134 valence electrons. The second kappa shape index (κ2) is 7.63. The standard InChI is InChI=1S/C19H19N3O2S2/c1-24-18(23)14-6-4-13(5-7-14)12-26-19-21-20-17(22(19)15-8-9-15)11-16-3-2-10-25-16/h2-7,10,15H,8-9,11-12H2,1H3. The van der Waals surface area contributed by atoms with E-state index in [-0.39, 0.29) is 5.97 Å². The van der Waals surface area contributed by atoms with Crippen LogP contribution in [0.25, 0.3) is 0 Å². The van der Waals surface area contributed by atoms with Gasteiger partial charge in [0.2, 0.25) is 0 Å². The number of methoxy groups -OCH3 is 1. The fraction of sp³-hybridized carbons (Fsp3) is 0.316. The summed E-state index contributed by atoms with van der Waals surface area (Å²) in [6.07, 6.45) is 3.25. The Morgan fingerprint density at radius 2 is 2.08 bits per heavy atom. The number of hydrogen-bond donors (Lipinski definition) is 0. The van der Waals surface area contributed by atoms with Gasteiger partial charge in [-0.2, -0.15) is 0 Å². The van der Waals surface area contributed by atoms with Crippen LogP contribution >= 0.6 is 23.1 Å². The number of esters is 1. The highest BCUT2D eigenvalue weighted by molar-refractivity contribution is 7.98. The van der Waals surface area contributed by atoms with Gasteiger partial charge < -0.3 is 9.30 Å². The van der Waals surface area contributed by atoms with Crippen molar-refractivity contribution in [3.8, 4) is 0 Å². The summed E-state index contributed by atoms with van der Waals surface area (Å²) in [4.78, 5) is 12.8. The molecular weight excluding hydrogens is 366 g/mol. The predicted molar refractivity (Wildman–Crippen MR) is 103 cm³/mol. The highest BCUT2D eigenvalue weighted by atomic mass is 32.2. The summed E-state index contributed by atoms with van der Waals surface area (Å²) in [5, 5.41) is 12.0. The summed E-state index contributed by atoms with van der Waals surface area (Å²) >= 11 is 3.46. The lowest BCUT2D eigenvalue weighted by atomic mass is 10.1. The van der Waals surface area contributed by atoms with Crippen LogP contribution in [0.4, 0.5) is 0 Å². The van der Waals surface area contributed by atoms with Crippen LogP contribution in [0, 0.1) is 0 Å². The molecule has 0 atom stereocenters. The summed E-state index contributed by atoms with van der Waals surface area (Å²) in [6.45, 7) is 0. The van der Waals surface area contributed by atoms with Crippen LogP contribution < -0.4 is 0 Å². The lowest BCUT2D eigenvalue weighted by Crippen LogP contribution is -2.03. The lowest BCUT2D eigenvalue weighted by Gasteiger charge is -2.08. The smallest absolute Gasteiger partial charge is 0.337 e. The van der Waals surface area contributed by atoms with Crippen molar-refractivity contribution >= 4 is 29.1 Å². The molecule has 0 bridgehead atoms. The minimum atomic E-state index is -0.309. The molecule has 0 unspecified atom stereocenters. The van der Waals surface area contributed by atoms with Crippen LogP contribution in [0.3, 0.4) is 0 Å². The van der Waals surface area contributed by atoms with E-state index >= 15 is 0 Å². The van der Waals surface area contributed by atoms with E-state index in [0.29, 0.717) is 11.6 Å². The van der Waals surface area contributed by atoms with Crippen LogP contribution in [0.1, 0.15) is 45.5 Å². The topological polar surface area (TPSA) is 57.0 Å². The minimum Gasteiger partial charge on any atom is -0.465 e. The minimum absolute atomic E-state index is 0.309. The molecule has 5 nitrogen and oxygen atoms in total. The Morgan fingerprint density at radius 3 is 2.73 bits per heavy atom. The average molecular weight is 386 g/mol. The molecule has 1 aliphatic rings. The van der Waals surface area contributed by atoms with E-state index < -0.39 is 0 Å². The number of carbonyl (C=O) groups is 1. The molecule has 26 heavy (non-hydrogen) atoms. The fourth-order valence-corrected chi connectivity index (χ4v) is 4.48. The monoisotopic (exact) mass is 385 g/mol. The summed E-state index contributed by atoms with van der Waals surface area (Å²) in [5.74, 6) is 1.54. The molecule has 0 amide bonds. The van der Waals surface area contributed by atoms with E-state index in [9.17, 15) is 4.79 Å². The van der Waals surface area contributed by atoms with E-state index in [1.165, 1.54) is 24.8 Å². The molecule has 7 heteroatoms. The molecule has 0 N–H and O–H groups in total. The molecule has 0 radical (unpaired) electrons. The van der Waals surface area contributed by atoms with Crippen LogP contribution in [0.2, 0.25) is 0 Å². The normalized spacial score (nSPS) is 13.7. The third kappa shape index (κ3) is 3.83. The van der Waals surface area contributed by atoms with Gasteiger partial charge in [-0.05, 0) is 42.0 Å². The van der Waals surface area contributed by atoms with Crippen LogP contribution in [0.15, 0.2) is 46.9 Å². The highest BCUT2D eigenvalue weighted by Gasteiger charge is 2.29. The Hall–Kier alpha value is -2.12. The molecule has 4 rings (SSSR count). The zero-order valence-corrected chi connectivity index (χ0v) is 16.1. The first kappa shape index (κ1) is 17.3.